The number of carbonyl (C=O) groups excluding carboxylic acids is 1. The number of sulfonamides is 1. The average molecular weight is 438 g/mol. The molecule has 0 fully saturated rings. The molecular formula is C16H15ClF3N3O4S. The van der Waals surface area contributed by atoms with Crippen LogP contribution in [0.5, 0.6) is 5.88 Å². The molecule has 0 saturated carbocycles. The molecule has 0 unspecified atom stereocenters. The number of nitrogens with one attached hydrogen (secondary N) is 1. The van der Waals surface area contributed by atoms with Crippen molar-refractivity contribution >= 4 is 33.2 Å². The minimum absolute atomic E-state index is 0.0216. The number of hydrogen-bond acceptors (Lipinski definition) is 5. The van der Waals surface area contributed by atoms with E-state index in [0.717, 1.165) is 22.6 Å². The van der Waals surface area contributed by atoms with Crippen LogP contribution in [0.15, 0.2) is 41.4 Å². The Morgan fingerprint density at radius 1 is 1.25 bits per heavy atom. The van der Waals surface area contributed by atoms with Gasteiger partial charge in [-0.1, -0.05) is 11.6 Å². The summed E-state index contributed by atoms with van der Waals surface area (Å²) in [6.45, 7) is -1.49. The van der Waals surface area contributed by atoms with Crippen molar-refractivity contribution in [1.82, 2.24) is 9.29 Å². The first kappa shape index (κ1) is 21.9. The van der Waals surface area contributed by atoms with Crippen molar-refractivity contribution < 1.29 is 31.1 Å². The number of alkyl halides is 3. The molecule has 1 amide bonds. The highest BCUT2D eigenvalue weighted by molar-refractivity contribution is 7.89. The third-order valence-corrected chi connectivity index (χ3v) is 5.48. The van der Waals surface area contributed by atoms with E-state index in [2.05, 4.69) is 15.0 Å². The van der Waals surface area contributed by atoms with Crippen molar-refractivity contribution in [2.75, 3.05) is 26.0 Å². The van der Waals surface area contributed by atoms with Gasteiger partial charge >= 0.3 is 6.18 Å². The first-order valence-electron chi connectivity index (χ1n) is 7.59. The number of aromatic nitrogens is 1. The highest BCUT2D eigenvalue weighted by Gasteiger charge is 2.28. The van der Waals surface area contributed by atoms with E-state index in [4.69, 9.17) is 11.6 Å². The van der Waals surface area contributed by atoms with E-state index in [9.17, 15) is 26.4 Å². The standard InChI is InChI=1S/C16H15ClF3N3O4S/c1-23(2)28(25,26)11-4-5-13(17)12(7-11)15(24)22-10-3-6-14(21-8-10)27-9-16(18,19)20/h3-8H,9H2,1-2H3,(H,22,24). The van der Waals surface area contributed by atoms with E-state index in [-0.39, 0.29) is 27.0 Å². The predicted molar refractivity (Wildman–Crippen MR) is 96.1 cm³/mol. The Morgan fingerprint density at radius 2 is 1.93 bits per heavy atom. The second-order valence-electron chi connectivity index (χ2n) is 5.67. The van der Waals surface area contributed by atoms with Crippen molar-refractivity contribution in [2.45, 2.75) is 11.1 Å². The lowest BCUT2D eigenvalue weighted by atomic mass is 10.2. The molecule has 1 heterocycles. The molecule has 0 bridgehead atoms. The maximum absolute atomic E-state index is 12.4. The van der Waals surface area contributed by atoms with E-state index in [1.807, 2.05) is 0 Å². The summed E-state index contributed by atoms with van der Waals surface area (Å²) in [5.41, 5.74) is 0.0586. The first-order chi connectivity index (χ1) is 12.9. The lowest BCUT2D eigenvalue weighted by molar-refractivity contribution is -0.154. The molecule has 1 N–H and O–H groups in total. The number of amides is 1. The largest absolute Gasteiger partial charge is 0.468 e. The summed E-state index contributed by atoms with van der Waals surface area (Å²) < 4.78 is 66.2. The maximum Gasteiger partial charge on any atom is 0.422 e. The SMILES string of the molecule is CN(C)S(=O)(=O)c1ccc(Cl)c(C(=O)Nc2ccc(OCC(F)(F)F)nc2)c1. The fourth-order valence-corrected chi connectivity index (χ4v) is 3.08. The van der Waals surface area contributed by atoms with E-state index in [1.165, 1.54) is 32.3 Å². The summed E-state index contributed by atoms with van der Waals surface area (Å²) in [5.74, 6) is -0.987. The Hall–Kier alpha value is -2.37. The number of hydrogen-bond donors (Lipinski definition) is 1. The summed E-state index contributed by atoms with van der Waals surface area (Å²) in [6, 6.07) is 6.10. The average Bonchev–Trinajstić information content (AvgIpc) is 2.60. The van der Waals surface area contributed by atoms with Crippen LogP contribution in [-0.2, 0) is 10.0 Å². The molecule has 0 saturated heterocycles. The molecule has 28 heavy (non-hydrogen) atoms. The Labute approximate surface area is 164 Å². The highest BCUT2D eigenvalue weighted by atomic mass is 35.5. The van der Waals surface area contributed by atoms with Crippen LogP contribution >= 0.6 is 11.6 Å². The van der Waals surface area contributed by atoms with Crippen molar-refractivity contribution in [3.63, 3.8) is 0 Å². The Bertz CT molecular complexity index is 964. The summed E-state index contributed by atoms with van der Waals surface area (Å²) in [4.78, 5) is 15.9. The molecule has 7 nitrogen and oxygen atoms in total. The summed E-state index contributed by atoms with van der Waals surface area (Å²) in [5, 5.41) is 2.46. The van der Waals surface area contributed by atoms with Crippen molar-refractivity contribution in [3.8, 4) is 5.88 Å². The molecule has 0 radical (unpaired) electrons. The molecule has 0 spiro atoms. The van der Waals surface area contributed by atoms with Gasteiger partial charge < -0.3 is 10.1 Å². The lowest BCUT2D eigenvalue weighted by Gasteiger charge is -2.13. The minimum atomic E-state index is -4.50. The van der Waals surface area contributed by atoms with Crippen LogP contribution in [0, 0.1) is 0 Å². The zero-order chi connectivity index (χ0) is 21.1. The van der Waals surface area contributed by atoms with Gasteiger partial charge in [0.2, 0.25) is 15.9 Å². The number of rotatable bonds is 6. The van der Waals surface area contributed by atoms with Crippen LogP contribution in [0.25, 0.3) is 0 Å². The van der Waals surface area contributed by atoms with E-state index in [0.29, 0.717) is 0 Å². The number of anilines is 1. The van der Waals surface area contributed by atoms with Gasteiger partial charge in [0.05, 0.1) is 27.4 Å². The molecule has 0 aliphatic carbocycles. The second-order valence-corrected chi connectivity index (χ2v) is 8.23. The zero-order valence-electron chi connectivity index (χ0n) is 14.6. The van der Waals surface area contributed by atoms with Gasteiger partial charge in [0.25, 0.3) is 5.91 Å². The molecule has 2 rings (SSSR count). The van der Waals surface area contributed by atoms with Gasteiger partial charge in [-0.25, -0.2) is 17.7 Å². The van der Waals surface area contributed by atoms with Crippen LogP contribution in [0.3, 0.4) is 0 Å². The maximum atomic E-state index is 12.4. The fraction of sp³-hybridized carbons (Fsp3) is 0.250. The molecule has 0 aliphatic heterocycles. The van der Waals surface area contributed by atoms with Gasteiger partial charge in [0.15, 0.2) is 6.61 Å². The predicted octanol–water partition coefficient (Wildman–Crippen LogP) is 3.18. The molecule has 12 heteroatoms. The number of pyridine rings is 1. The lowest BCUT2D eigenvalue weighted by Crippen LogP contribution is -2.23. The van der Waals surface area contributed by atoms with E-state index < -0.39 is 28.7 Å². The highest BCUT2D eigenvalue weighted by Crippen LogP contribution is 2.24. The van der Waals surface area contributed by atoms with Crippen LogP contribution in [-0.4, -0.2) is 50.5 Å². The van der Waals surface area contributed by atoms with Gasteiger partial charge in [0.1, 0.15) is 0 Å². The van der Waals surface area contributed by atoms with Crippen LogP contribution in [0.4, 0.5) is 18.9 Å². The normalized spacial score (nSPS) is 12.1. The monoisotopic (exact) mass is 437 g/mol. The molecule has 0 atom stereocenters. The molecule has 0 aliphatic rings. The molecule has 2 aromatic rings. The topological polar surface area (TPSA) is 88.6 Å². The number of halogens is 4. The zero-order valence-corrected chi connectivity index (χ0v) is 16.2. The minimum Gasteiger partial charge on any atom is -0.468 e. The van der Waals surface area contributed by atoms with Gasteiger partial charge in [-0.3, -0.25) is 4.79 Å². The van der Waals surface area contributed by atoms with Crippen molar-refractivity contribution in [3.05, 3.63) is 47.1 Å². The number of carbonyl (C=O) groups is 1. The molecule has 1 aromatic heterocycles. The molecule has 1 aromatic carbocycles. The van der Waals surface area contributed by atoms with Crippen molar-refractivity contribution in [1.29, 1.82) is 0 Å². The number of benzene rings is 1. The quantitative estimate of drug-likeness (QED) is 0.749. The third-order valence-electron chi connectivity index (χ3n) is 3.34. The Kier molecular flexibility index (Phi) is 6.52. The summed E-state index contributed by atoms with van der Waals surface area (Å²) in [7, 11) is -1.08. The van der Waals surface area contributed by atoms with Gasteiger partial charge in [0, 0.05) is 20.2 Å². The van der Waals surface area contributed by atoms with Gasteiger partial charge in [-0.05, 0) is 24.3 Å². The Morgan fingerprint density at radius 3 is 2.46 bits per heavy atom. The molecular weight excluding hydrogens is 423 g/mol. The fourth-order valence-electron chi connectivity index (χ4n) is 1.94. The van der Waals surface area contributed by atoms with E-state index >= 15 is 0 Å². The first-order valence-corrected chi connectivity index (χ1v) is 9.41. The molecule has 152 valence electrons. The van der Waals surface area contributed by atoms with Gasteiger partial charge in [-0.15, -0.1) is 0 Å². The summed E-state index contributed by atoms with van der Waals surface area (Å²) in [6.07, 6.45) is -3.40. The smallest absolute Gasteiger partial charge is 0.422 e. The number of ether oxygens (including phenoxy) is 1. The summed E-state index contributed by atoms with van der Waals surface area (Å²) >= 11 is 5.98. The van der Waals surface area contributed by atoms with Crippen LogP contribution in [0.1, 0.15) is 10.4 Å². The van der Waals surface area contributed by atoms with Crippen LogP contribution < -0.4 is 10.1 Å². The van der Waals surface area contributed by atoms with Crippen molar-refractivity contribution in [2.24, 2.45) is 0 Å². The second kappa shape index (κ2) is 8.33. The Balaban J connectivity index is 2.17. The van der Waals surface area contributed by atoms with Gasteiger partial charge in [-0.2, -0.15) is 13.2 Å². The van der Waals surface area contributed by atoms with Crippen LogP contribution in [0.2, 0.25) is 5.02 Å². The third kappa shape index (κ3) is 5.57. The number of nitrogens with zero attached hydrogens (tertiary/aromatic N) is 2. The van der Waals surface area contributed by atoms with E-state index in [1.54, 1.807) is 0 Å².